The van der Waals surface area contributed by atoms with Gasteiger partial charge in [-0.15, -0.1) is 12.4 Å². The monoisotopic (exact) mass is 321 g/mol. The van der Waals surface area contributed by atoms with Gasteiger partial charge in [-0.1, -0.05) is 0 Å². The van der Waals surface area contributed by atoms with Crippen molar-refractivity contribution < 1.29 is 4.74 Å². The molecule has 4 heterocycles. The molecule has 0 radical (unpaired) electrons. The van der Waals surface area contributed by atoms with Crippen LogP contribution in [0.25, 0.3) is 0 Å². The summed E-state index contributed by atoms with van der Waals surface area (Å²) < 4.78 is 6.39. The van der Waals surface area contributed by atoms with Crippen molar-refractivity contribution in [3.63, 3.8) is 0 Å². The quantitative estimate of drug-likeness (QED) is 0.907. The highest BCUT2D eigenvalue weighted by atomic mass is 35.5. The van der Waals surface area contributed by atoms with Crippen LogP contribution in [0.2, 0.25) is 0 Å². The molecule has 1 N–H and O–H groups in total. The minimum Gasteiger partial charge on any atom is -0.490 e. The van der Waals surface area contributed by atoms with E-state index in [1.165, 1.54) is 63.1 Å². The van der Waals surface area contributed by atoms with Crippen LogP contribution in [0.3, 0.4) is 0 Å². The molecule has 2 saturated heterocycles. The number of hydrogen-bond acceptors (Lipinski definition) is 4. The van der Waals surface area contributed by atoms with Gasteiger partial charge in [-0.2, -0.15) is 0 Å². The molecule has 1 aromatic rings. The fourth-order valence-corrected chi connectivity index (χ4v) is 4.76. The number of ether oxygens (including phenoxy) is 1. The van der Waals surface area contributed by atoms with Crippen LogP contribution in [0.15, 0.2) is 12.3 Å². The molecule has 4 aliphatic rings. The number of rotatable bonds is 2. The van der Waals surface area contributed by atoms with Gasteiger partial charge in [0.15, 0.2) is 0 Å². The molecule has 0 amide bonds. The van der Waals surface area contributed by atoms with Crippen LogP contribution in [0.1, 0.15) is 43.0 Å². The number of nitrogens with zero attached hydrogens (tertiary/aromatic N) is 2. The Morgan fingerprint density at radius 3 is 2.91 bits per heavy atom. The lowest BCUT2D eigenvalue weighted by atomic mass is 9.63. The SMILES string of the molecule is Cl.c1cc(OC2CC3(CNC3)C2)c2c(n1)CCN1CCCC21. The van der Waals surface area contributed by atoms with Crippen molar-refractivity contribution in [2.75, 3.05) is 26.2 Å². The molecule has 4 nitrogen and oxygen atoms in total. The summed E-state index contributed by atoms with van der Waals surface area (Å²) in [5.74, 6) is 1.13. The maximum atomic E-state index is 6.39. The maximum Gasteiger partial charge on any atom is 0.127 e. The molecule has 120 valence electrons. The van der Waals surface area contributed by atoms with Crippen LogP contribution in [-0.4, -0.2) is 42.2 Å². The Morgan fingerprint density at radius 1 is 1.27 bits per heavy atom. The van der Waals surface area contributed by atoms with Gasteiger partial charge in [-0.3, -0.25) is 9.88 Å². The third-order valence-electron chi connectivity index (χ3n) is 5.98. The van der Waals surface area contributed by atoms with Crippen LogP contribution >= 0.6 is 12.4 Å². The first-order valence-electron chi connectivity index (χ1n) is 8.42. The van der Waals surface area contributed by atoms with Gasteiger partial charge in [0.1, 0.15) is 5.75 Å². The Morgan fingerprint density at radius 2 is 2.14 bits per heavy atom. The standard InChI is InChI=1S/C17H23N3O.ClH/c1-2-14-16-13(4-7-20(14)6-1)19-5-3-15(16)21-12-8-17(9-12)10-18-11-17;/h3,5,12,14,18H,1-2,4,6-11H2;1H. The van der Waals surface area contributed by atoms with E-state index in [1.807, 2.05) is 6.20 Å². The van der Waals surface area contributed by atoms with E-state index in [1.54, 1.807) is 0 Å². The summed E-state index contributed by atoms with van der Waals surface area (Å²) in [7, 11) is 0. The number of hydrogen-bond donors (Lipinski definition) is 1. The molecule has 1 atom stereocenters. The first-order chi connectivity index (χ1) is 10.3. The molecule has 1 aromatic heterocycles. The van der Waals surface area contributed by atoms with E-state index in [-0.39, 0.29) is 12.4 Å². The molecule has 0 bridgehead atoms. The Kier molecular flexibility index (Phi) is 3.59. The molecular weight excluding hydrogens is 298 g/mol. The molecule has 3 aliphatic heterocycles. The van der Waals surface area contributed by atoms with E-state index >= 15 is 0 Å². The fraction of sp³-hybridized carbons (Fsp3) is 0.706. The second kappa shape index (κ2) is 5.36. The van der Waals surface area contributed by atoms with Crippen LogP contribution < -0.4 is 10.1 Å². The summed E-state index contributed by atoms with van der Waals surface area (Å²) in [4.78, 5) is 7.25. The summed E-state index contributed by atoms with van der Waals surface area (Å²) in [6.07, 6.45) is 8.50. The van der Waals surface area contributed by atoms with Crippen molar-refractivity contribution >= 4 is 12.4 Å². The van der Waals surface area contributed by atoms with Crippen molar-refractivity contribution in [2.45, 2.75) is 44.2 Å². The number of aromatic nitrogens is 1. The van der Waals surface area contributed by atoms with Gasteiger partial charge in [0.05, 0.1) is 11.8 Å². The molecule has 5 heteroatoms. The van der Waals surface area contributed by atoms with Gasteiger partial charge < -0.3 is 10.1 Å². The second-order valence-electron chi connectivity index (χ2n) is 7.37. The first kappa shape index (κ1) is 14.7. The Bertz CT molecular complexity index is 567. The van der Waals surface area contributed by atoms with Crippen molar-refractivity contribution in [1.29, 1.82) is 0 Å². The smallest absolute Gasteiger partial charge is 0.127 e. The lowest BCUT2D eigenvalue weighted by Gasteiger charge is -2.54. The minimum atomic E-state index is 0. The van der Waals surface area contributed by atoms with Crippen LogP contribution in [0.4, 0.5) is 0 Å². The molecule has 1 aliphatic carbocycles. The average molecular weight is 322 g/mol. The zero-order valence-electron chi connectivity index (χ0n) is 12.9. The van der Waals surface area contributed by atoms with E-state index in [9.17, 15) is 0 Å². The molecule has 5 rings (SSSR count). The maximum absolute atomic E-state index is 6.39. The summed E-state index contributed by atoms with van der Waals surface area (Å²) in [5.41, 5.74) is 3.28. The van der Waals surface area contributed by atoms with Gasteiger partial charge in [-0.25, -0.2) is 0 Å². The molecule has 1 spiro atoms. The molecular formula is C17H24ClN3O. The third-order valence-corrected chi connectivity index (χ3v) is 5.98. The van der Waals surface area contributed by atoms with Crippen LogP contribution in [0.5, 0.6) is 5.75 Å². The van der Waals surface area contributed by atoms with E-state index in [2.05, 4.69) is 21.3 Å². The highest BCUT2D eigenvalue weighted by Gasteiger charge is 2.50. The number of pyridine rings is 1. The van der Waals surface area contributed by atoms with E-state index in [0.29, 0.717) is 17.6 Å². The highest BCUT2D eigenvalue weighted by Crippen LogP contribution is 2.48. The summed E-state index contributed by atoms with van der Waals surface area (Å²) in [6.45, 7) is 4.80. The van der Waals surface area contributed by atoms with Crippen molar-refractivity contribution in [3.05, 3.63) is 23.5 Å². The molecule has 22 heavy (non-hydrogen) atoms. The summed E-state index contributed by atoms with van der Waals surface area (Å²) >= 11 is 0. The normalized spacial score (nSPS) is 29.0. The third kappa shape index (κ3) is 2.15. The highest BCUT2D eigenvalue weighted by molar-refractivity contribution is 5.85. The molecule has 1 unspecified atom stereocenters. The van der Waals surface area contributed by atoms with E-state index in [4.69, 9.17) is 4.74 Å². The topological polar surface area (TPSA) is 37.4 Å². The van der Waals surface area contributed by atoms with Crippen LogP contribution in [0, 0.1) is 5.41 Å². The fourth-order valence-electron chi connectivity index (χ4n) is 4.76. The van der Waals surface area contributed by atoms with Crippen molar-refractivity contribution in [2.24, 2.45) is 5.41 Å². The second-order valence-corrected chi connectivity index (χ2v) is 7.37. The summed E-state index contributed by atoms with van der Waals surface area (Å²) in [5, 5.41) is 3.40. The van der Waals surface area contributed by atoms with E-state index in [0.717, 1.165) is 12.2 Å². The molecule has 0 aromatic carbocycles. The van der Waals surface area contributed by atoms with E-state index < -0.39 is 0 Å². The lowest BCUT2D eigenvalue weighted by Crippen LogP contribution is -2.62. The van der Waals surface area contributed by atoms with Crippen LogP contribution in [-0.2, 0) is 6.42 Å². The Labute approximate surface area is 138 Å². The first-order valence-corrected chi connectivity index (χ1v) is 8.42. The van der Waals surface area contributed by atoms with Gasteiger partial charge in [0.25, 0.3) is 0 Å². The number of halogens is 1. The number of fused-ring (bicyclic) bond motifs is 3. The zero-order chi connectivity index (χ0) is 13.9. The summed E-state index contributed by atoms with van der Waals surface area (Å²) in [6, 6.07) is 2.67. The van der Waals surface area contributed by atoms with Crippen molar-refractivity contribution in [3.8, 4) is 5.75 Å². The predicted octanol–water partition coefficient (Wildman–Crippen LogP) is 2.33. The largest absolute Gasteiger partial charge is 0.490 e. The Hall–Kier alpha value is -0.840. The number of nitrogens with one attached hydrogen (secondary N) is 1. The van der Waals surface area contributed by atoms with Gasteiger partial charge in [0.2, 0.25) is 0 Å². The zero-order valence-corrected chi connectivity index (χ0v) is 13.7. The van der Waals surface area contributed by atoms with Gasteiger partial charge in [-0.05, 0) is 38.3 Å². The minimum absolute atomic E-state index is 0. The average Bonchev–Trinajstić information content (AvgIpc) is 2.88. The van der Waals surface area contributed by atoms with Gasteiger partial charge in [0, 0.05) is 49.3 Å². The van der Waals surface area contributed by atoms with Gasteiger partial charge >= 0.3 is 0 Å². The van der Waals surface area contributed by atoms with Crippen molar-refractivity contribution in [1.82, 2.24) is 15.2 Å². The lowest BCUT2D eigenvalue weighted by molar-refractivity contribution is -0.0504. The Balaban J connectivity index is 0.00000125. The molecule has 1 saturated carbocycles. The molecule has 3 fully saturated rings. The predicted molar refractivity (Wildman–Crippen MR) is 87.7 cm³/mol.